The van der Waals surface area contributed by atoms with Crippen LogP contribution in [0.2, 0.25) is 5.15 Å². The lowest BCUT2D eigenvalue weighted by Gasteiger charge is -2.39. The van der Waals surface area contributed by atoms with E-state index in [4.69, 9.17) is 11.6 Å². The van der Waals surface area contributed by atoms with E-state index in [1.807, 2.05) is 23.8 Å². The van der Waals surface area contributed by atoms with E-state index >= 15 is 0 Å². The summed E-state index contributed by atoms with van der Waals surface area (Å²) in [4.78, 5) is 19.2. The highest BCUT2D eigenvalue weighted by molar-refractivity contribution is 7.88. The number of pyridine rings is 1. The number of hydrogen-bond acceptors (Lipinski definition) is 6. The number of aromatic nitrogens is 1. The Morgan fingerprint density at radius 3 is 2.64 bits per heavy atom. The largest absolute Gasteiger partial charge is 0.352 e. The number of carbonyl (C=O) groups is 1. The Labute approximate surface area is 206 Å². The summed E-state index contributed by atoms with van der Waals surface area (Å²) in [5.74, 6) is -0.128. The van der Waals surface area contributed by atoms with E-state index in [1.165, 1.54) is 6.26 Å². The maximum Gasteiger partial charge on any atom is 0.253 e. The minimum atomic E-state index is -3.28. The Morgan fingerprint density at radius 1 is 1.36 bits per heavy atom. The first kappa shape index (κ1) is 26.1. The molecule has 3 heterocycles. The summed E-state index contributed by atoms with van der Waals surface area (Å²) in [5, 5.41) is 7.38. The second kappa shape index (κ2) is 11.3. The van der Waals surface area contributed by atoms with Gasteiger partial charge in [-0.3, -0.25) is 4.79 Å². The van der Waals surface area contributed by atoms with E-state index in [0.717, 1.165) is 43.5 Å². The van der Waals surface area contributed by atoms with E-state index in [2.05, 4.69) is 22.1 Å². The van der Waals surface area contributed by atoms with Crippen LogP contribution in [-0.4, -0.2) is 66.5 Å². The summed E-state index contributed by atoms with van der Waals surface area (Å²) in [5.41, 5.74) is 3.07. The van der Waals surface area contributed by atoms with Crippen LogP contribution in [0.4, 0.5) is 0 Å². The van der Waals surface area contributed by atoms with Crippen LogP contribution in [-0.2, 0) is 16.6 Å². The molecule has 33 heavy (non-hydrogen) atoms. The second-order valence-electron chi connectivity index (χ2n) is 8.82. The molecule has 0 aromatic carbocycles. The van der Waals surface area contributed by atoms with E-state index in [1.54, 1.807) is 28.6 Å². The third kappa shape index (κ3) is 6.99. The van der Waals surface area contributed by atoms with Crippen molar-refractivity contribution in [2.75, 3.05) is 25.9 Å². The molecule has 1 saturated heterocycles. The van der Waals surface area contributed by atoms with E-state index < -0.39 is 10.0 Å². The van der Waals surface area contributed by atoms with Gasteiger partial charge in [-0.2, -0.15) is 15.6 Å². The first-order valence-corrected chi connectivity index (χ1v) is 14.4. The highest BCUT2D eigenvalue weighted by Gasteiger charge is 2.31. The number of halogens is 1. The molecule has 1 fully saturated rings. The Bertz CT molecular complexity index is 1030. The predicted molar refractivity (Wildman–Crippen MR) is 134 cm³/mol. The van der Waals surface area contributed by atoms with Crippen molar-refractivity contribution in [2.45, 2.75) is 58.7 Å². The van der Waals surface area contributed by atoms with Crippen molar-refractivity contribution in [2.24, 2.45) is 0 Å². The van der Waals surface area contributed by atoms with Crippen LogP contribution in [0.1, 0.15) is 53.4 Å². The maximum atomic E-state index is 12.6. The summed E-state index contributed by atoms with van der Waals surface area (Å²) in [6.45, 7) is 8.50. The molecule has 1 N–H and O–H groups in total. The average Bonchev–Trinajstić information content (AvgIpc) is 3.24. The van der Waals surface area contributed by atoms with Gasteiger partial charge in [-0.1, -0.05) is 11.6 Å². The molecule has 0 aliphatic carbocycles. The van der Waals surface area contributed by atoms with Crippen LogP contribution in [0.3, 0.4) is 0 Å². The van der Waals surface area contributed by atoms with Crippen molar-refractivity contribution in [3.63, 3.8) is 0 Å². The number of carbonyl (C=O) groups excluding carboxylic acids is 1. The lowest BCUT2D eigenvalue weighted by atomic mass is 10.0. The zero-order valence-corrected chi connectivity index (χ0v) is 22.1. The van der Waals surface area contributed by atoms with Crippen LogP contribution in [0.15, 0.2) is 22.9 Å². The highest BCUT2D eigenvalue weighted by Crippen LogP contribution is 2.24. The molecule has 7 nitrogen and oxygen atoms in total. The minimum absolute atomic E-state index is 0.0198. The molecule has 1 aliphatic heterocycles. The fraction of sp³-hybridized carbons (Fsp3) is 0.565. The Hall–Kier alpha value is -1.52. The monoisotopic (exact) mass is 512 g/mol. The maximum absolute atomic E-state index is 12.6. The van der Waals surface area contributed by atoms with E-state index in [0.29, 0.717) is 35.5 Å². The number of aryl methyl sites for hydroxylation is 2. The molecular formula is C23H33ClN4O3S2. The Balaban J connectivity index is 1.49. The Kier molecular flexibility index (Phi) is 8.91. The van der Waals surface area contributed by atoms with E-state index in [-0.39, 0.29) is 11.9 Å². The predicted octanol–water partition coefficient (Wildman–Crippen LogP) is 3.85. The number of piperidine rings is 1. The van der Waals surface area contributed by atoms with Crippen molar-refractivity contribution in [1.82, 2.24) is 19.5 Å². The smallest absolute Gasteiger partial charge is 0.253 e. The number of hydrogen-bond donors (Lipinski definition) is 1. The van der Waals surface area contributed by atoms with Crippen molar-refractivity contribution >= 4 is 38.9 Å². The lowest BCUT2D eigenvalue weighted by Crippen LogP contribution is -2.49. The molecule has 2 aromatic rings. The molecule has 10 heteroatoms. The first-order valence-electron chi connectivity index (χ1n) is 11.2. The highest BCUT2D eigenvalue weighted by atomic mass is 35.5. The van der Waals surface area contributed by atoms with Crippen molar-refractivity contribution in [1.29, 1.82) is 0 Å². The zero-order valence-electron chi connectivity index (χ0n) is 19.7. The van der Waals surface area contributed by atoms with Crippen LogP contribution in [0, 0.1) is 13.8 Å². The zero-order chi connectivity index (χ0) is 24.2. The van der Waals surface area contributed by atoms with Gasteiger partial charge in [-0.05, 0) is 87.1 Å². The van der Waals surface area contributed by atoms with Crippen LogP contribution >= 0.6 is 22.9 Å². The van der Waals surface area contributed by atoms with Gasteiger partial charge < -0.3 is 10.2 Å². The molecule has 182 valence electrons. The topological polar surface area (TPSA) is 82.6 Å². The third-order valence-electron chi connectivity index (χ3n) is 6.32. The Morgan fingerprint density at radius 2 is 2.06 bits per heavy atom. The number of sulfonamides is 1. The van der Waals surface area contributed by atoms with Gasteiger partial charge in [-0.25, -0.2) is 13.4 Å². The number of rotatable bonds is 9. The molecule has 0 bridgehead atoms. The molecule has 3 rings (SSSR count). The van der Waals surface area contributed by atoms with Crippen LogP contribution in [0.25, 0.3) is 0 Å². The average molecular weight is 513 g/mol. The molecular weight excluding hydrogens is 480 g/mol. The third-order valence-corrected chi connectivity index (χ3v) is 8.52. The van der Waals surface area contributed by atoms with Crippen LogP contribution < -0.4 is 5.32 Å². The lowest BCUT2D eigenvalue weighted by molar-refractivity contribution is 0.0937. The van der Waals surface area contributed by atoms with Gasteiger partial charge in [0.05, 0.1) is 17.5 Å². The van der Waals surface area contributed by atoms with Gasteiger partial charge in [0.2, 0.25) is 10.0 Å². The van der Waals surface area contributed by atoms with Gasteiger partial charge >= 0.3 is 0 Å². The van der Waals surface area contributed by atoms with Gasteiger partial charge in [0.1, 0.15) is 5.15 Å². The fourth-order valence-electron chi connectivity index (χ4n) is 4.49. The van der Waals surface area contributed by atoms with Gasteiger partial charge in [0.25, 0.3) is 5.91 Å². The summed E-state index contributed by atoms with van der Waals surface area (Å²) in [6.07, 6.45) is 3.74. The van der Waals surface area contributed by atoms with Crippen molar-refractivity contribution in [3.05, 3.63) is 50.4 Å². The van der Waals surface area contributed by atoms with Crippen molar-refractivity contribution in [3.8, 4) is 0 Å². The minimum Gasteiger partial charge on any atom is -0.352 e. The summed E-state index contributed by atoms with van der Waals surface area (Å²) >= 11 is 7.55. The van der Waals surface area contributed by atoms with Gasteiger partial charge in [0.15, 0.2) is 0 Å². The van der Waals surface area contributed by atoms with Gasteiger partial charge in [-0.15, -0.1) is 0 Å². The molecule has 1 aliphatic rings. The standard InChI is InChI=1S/C23H33ClN4O3S2/c1-16-13-21(24)26-18(3)22(16)23(29)25-9-5-17(2)27-10-6-20(7-11-27)28(33(4,30)31)14-19-8-12-32-15-19/h8,12-13,15,17,20H,5-7,9-11,14H2,1-4H3,(H,25,29)/t17-/m1/s1. The number of nitrogens with one attached hydrogen (secondary N) is 1. The molecule has 0 saturated carbocycles. The molecule has 0 spiro atoms. The summed E-state index contributed by atoms with van der Waals surface area (Å²) in [6, 6.07) is 4.00. The number of amides is 1. The van der Waals surface area contributed by atoms with E-state index in [9.17, 15) is 13.2 Å². The SMILES string of the molecule is Cc1cc(Cl)nc(C)c1C(=O)NCC[C@@H](C)N1CCC(N(Cc2ccsc2)S(C)(=O)=O)CC1. The van der Waals surface area contributed by atoms with Crippen molar-refractivity contribution < 1.29 is 13.2 Å². The van der Waals surface area contributed by atoms with Gasteiger partial charge in [0, 0.05) is 25.2 Å². The fourth-order valence-corrected chi connectivity index (χ4v) is 6.57. The first-order chi connectivity index (χ1) is 15.6. The summed E-state index contributed by atoms with van der Waals surface area (Å²) < 4.78 is 26.5. The molecule has 1 amide bonds. The van der Waals surface area contributed by atoms with Crippen LogP contribution in [0.5, 0.6) is 0 Å². The molecule has 2 aromatic heterocycles. The second-order valence-corrected chi connectivity index (χ2v) is 11.9. The molecule has 1 atom stereocenters. The normalized spacial score (nSPS) is 16.8. The quantitative estimate of drug-likeness (QED) is 0.516. The number of likely N-dealkylation sites (tertiary alicyclic amines) is 1. The number of thiophene rings is 1. The summed E-state index contributed by atoms with van der Waals surface area (Å²) in [7, 11) is -3.28. The number of nitrogens with zero attached hydrogens (tertiary/aromatic N) is 3. The molecule has 0 radical (unpaired) electrons. The molecule has 0 unspecified atom stereocenters.